The van der Waals surface area contributed by atoms with Crippen molar-refractivity contribution in [2.75, 3.05) is 25.4 Å². The zero-order chi connectivity index (χ0) is 30.0. The van der Waals surface area contributed by atoms with Crippen molar-refractivity contribution in [3.8, 4) is 22.6 Å². The molecule has 220 valence electrons. The molecule has 1 fully saturated rings. The molecule has 1 N–H and O–H groups in total. The molecular weight excluding hydrogens is 566 g/mol. The molecule has 1 aliphatic heterocycles. The number of carboxylic acids is 1. The van der Waals surface area contributed by atoms with Crippen LogP contribution >= 0.6 is 0 Å². The number of carbonyl (C=O) groups is 2. The second-order valence-corrected chi connectivity index (χ2v) is 13.3. The zero-order valence-corrected chi connectivity index (χ0v) is 24.2. The van der Waals surface area contributed by atoms with Crippen LogP contribution in [0.3, 0.4) is 0 Å². The van der Waals surface area contributed by atoms with Gasteiger partial charge in [0, 0.05) is 19.0 Å². The van der Waals surface area contributed by atoms with Crippen LogP contribution in [0.1, 0.15) is 35.4 Å². The fourth-order valence-electron chi connectivity index (χ4n) is 6.20. The number of aliphatic carboxylic acids is 1. The summed E-state index contributed by atoms with van der Waals surface area (Å²) in [7, 11) is -3.99. The van der Waals surface area contributed by atoms with Crippen molar-refractivity contribution >= 4 is 21.9 Å². The minimum Gasteiger partial charge on any atom is -0.481 e. The maximum Gasteiger partial charge on any atom is 0.409 e. The number of sulfone groups is 1. The molecule has 1 heterocycles. The van der Waals surface area contributed by atoms with Gasteiger partial charge in [0.1, 0.15) is 22.9 Å². The molecule has 0 radical (unpaired) electrons. The summed E-state index contributed by atoms with van der Waals surface area (Å²) in [6, 6.07) is 31.7. The monoisotopic (exact) mass is 597 g/mol. The number of nitrogens with zero attached hydrogens (tertiary/aromatic N) is 1. The minimum atomic E-state index is -3.99. The van der Waals surface area contributed by atoms with E-state index in [1.165, 1.54) is 4.90 Å². The molecule has 4 aromatic carbocycles. The molecule has 0 aromatic heterocycles. The summed E-state index contributed by atoms with van der Waals surface area (Å²) < 4.78 is 37.5. The summed E-state index contributed by atoms with van der Waals surface area (Å²) in [5, 5.41) is 9.81. The highest BCUT2D eigenvalue weighted by atomic mass is 32.2. The van der Waals surface area contributed by atoms with Crippen molar-refractivity contribution in [3.05, 3.63) is 120 Å². The van der Waals surface area contributed by atoms with Gasteiger partial charge in [0.05, 0.1) is 12.2 Å². The molecule has 43 heavy (non-hydrogen) atoms. The molecule has 1 amide bonds. The van der Waals surface area contributed by atoms with Crippen LogP contribution in [0.5, 0.6) is 11.5 Å². The molecule has 4 aromatic rings. The molecule has 1 unspecified atom stereocenters. The van der Waals surface area contributed by atoms with Crippen LogP contribution in [-0.4, -0.2) is 55.9 Å². The lowest BCUT2D eigenvalue weighted by atomic mass is 9.91. The van der Waals surface area contributed by atoms with E-state index < -0.39 is 33.1 Å². The van der Waals surface area contributed by atoms with E-state index in [4.69, 9.17) is 9.47 Å². The van der Waals surface area contributed by atoms with Gasteiger partial charge >= 0.3 is 12.1 Å². The number of carboxylic acid groups (broad SMARTS) is 1. The summed E-state index contributed by atoms with van der Waals surface area (Å²) in [5.41, 5.74) is 4.73. The van der Waals surface area contributed by atoms with E-state index in [0.29, 0.717) is 17.1 Å². The van der Waals surface area contributed by atoms with E-state index >= 15 is 0 Å². The lowest BCUT2D eigenvalue weighted by molar-refractivity contribution is -0.137. The third kappa shape index (κ3) is 5.48. The second-order valence-electron chi connectivity index (χ2n) is 10.9. The Morgan fingerprint density at radius 2 is 1.37 bits per heavy atom. The first kappa shape index (κ1) is 28.5. The van der Waals surface area contributed by atoms with Crippen molar-refractivity contribution in [1.29, 1.82) is 0 Å². The molecule has 8 nitrogen and oxygen atoms in total. The highest BCUT2D eigenvalue weighted by Crippen LogP contribution is 2.45. The van der Waals surface area contributed by atoms with Crippen molar-refractivity contribution in [1.82, 2.24) is 4.90 Å². The van der Waals surface area contributed by atoms with E-state index in [0.717, 1.165) is 22.3 Å². The summed E-state index contributed by atoms with van der Waals surface area (Å²) in [6.45, 7) is 0.0558. The molecular formula is C34H31NO7S. The summed E-state index contributed by atoms with van der Waals surface area (Å²) >= 11 is 0. The van der Waals surface area contributed by atoms with Crippen LogP contribution in [0, 0.1) is 0 Å². The topological polar surface area (TPSA) is 110 Å². The maximum atomic E-state index is 13.8. The number of rotatable bonds is 7. The predicted octanol–water partition coefficient (Wildman–Crippen LogP) is 6.22. The highest BCUT2D eigenvalue weighted by Gasteiger charge is 2.49. The summed E-state index contributed by atoms with van der Waals surface area (Å²) in [6.07, 6.45) is -1.31. The largest absolute Gasteiger partial charge is 0.481 e. The van der Waals surface area contributed by atoms with Crippen LogP contribution in [0.2, 0.25) is 0 Å². The Morgan fingerprint density at radius 3 is 2.00 bits per heavy atom. The van der Waals surface area contributed by atoms with Crippen molar-refractivity contribution in [2.45, 2.75) is 23.5 Å². The van der Waals surface area contributed by atoms with Crippen LogP contribution in [0.4, 0.5) is 4.79 Å². The normalized spacial score (nSPS) is 19.1. The second kappa shape index (κ2) is 11.6. The van der Waals surface area contributed by atoms with Gasteiger partial charge in [0.25, 0.3) is 0 Å². The number of hydrogen-bond donors (Lipinski definition) is 1. The first-order valence-corrected chi connectivity index (χ1v) is 15.8. The Labute approximate surface area is 250 Å². The van der Waals surface area contributed by atoms with Crippen molar-refractivity contribution in [2.24, 2.45) is 0 Å². The highest BCUT2D eigenvalue weighted by molar-refractivity contribution is 7.92. The van der Waals surface area contributed by atoms with E-state index in [9.17, 15) is 23.1 Å². The van der Waals surface area contributed by atoms with Gasteiger partial charge in [-0.15, -0.1) is 0 Å². The molecule has 0 saturated carbocycles. The van der Waals surface area contributed by atoms with Crippen LogP contribution in [0.25, 0.3) is 11.1 Å². The quantitative estimate of drug-likeness (QED) is 0.269. The van der Waals surface area contributed by atoms with Gasteiger partial charge in [-0.05, 0) is 58.5 Å². The Bertz CT molecular complexity index is 1710. The van der Waals surface area contributed by atoms with Gasteiger partial charge in [-0.3, -0.25) is 4.79 Å². The number of benzene rings is 4. The van der Waals surface area contributed by atoms with E-state index in [-0.39, 0.29) is 37.8 Å². The Hall–Kier alpha value is -4.63. The number of fused-ring (bicyclic) bond motifs is 3. The third-order valence-corrected chi connectivity index (χ3v) is 10.9. The van der Waals surface area contributed by atoms with Gasteiger partial charge in [0.15, 0.2) is 9.84 Å². The first-order chi connectivity index (χ1) is 20.8. The minimum absolute atomic E-state index is 0.0332. The standard InChI is InChI=1S/C34H31NO7S/c36-32(37)22-34(24-14-16-26(17-15-24)42-25-8-2-1-3-9-25)18-19-35(20-21-43(34,39)40)33(38)41-23-31-29-12-6-4-10-27(29)28-11-5-7-13-30(28)31/h1-17,31H,18-23H2,(H,36,37). The van der Waals surface area contributed by atoms with Gasteiger partial charge < -0.3 is 19.5 Å². The predicted molar refractivity (Wildman–Crippen MR) is 162 cm³/mol. The summed E-state index contributed by atoms with van der Waals surface area (Å²) in [4.78, 5) is 26.7. The van der Waals surface area contributed by atoms with Gasteiger partial charge in [-0.1, -0.05) is 78.9 Å². The molecule has 0 spiro atoms. The lowest BCUT2D eigenvalue weighted by Crippen LogP contribution is -2.39. The van der Waals surface area contributed by atoms with Crippen molar-refractivity contribution < 1.29 is 32.6 Å². The van der Waals surface area contributed by atoms with E-state index in [1.54, 1.807) is 36.4 Å². The number of ether oxygens (including phenoxy) is 2. The fraction of sp³-hybridized carbons (Fsp3) is 0.235. The number of hydrogen-bond acceptors (Lipinski definition) is 6. The van der Waals surface area contributed by atoms with Crippen LogP contribution in [0.15, 0.2) is 103 Å². The average Bonchev–Trinajstić information content (AvgIpc) is 3.26. The SMILES string of the molecule is O=C(O)CC1(c2ccc(Oc3ccccc3)cc2)CCN(C(=O)OCC2c3ccccc3-c3ccccc32)CCS1(=O)=O. The van der Waals surface area contributed by atoms with Gasteiger partial charge in [0.2, 0.25) is 0 Å². The molecule has 9 heteroatoms. The number of amides is 1. The Morgan fingerprint density at radius 1 is 0.791 bits per heavy atom. The molecule has 6 rings (SSSR count). The zero-order valence-electron chi connectivity index (χ0n) is 23.4. The third-order valence-electron chi connectivity index (χ3n) is 8.40. The molecule has 2 aliphatic rings. The van der Waals surface area contributed by atoms with Gasteiger partial charge in [-0.2, -0.15) is 0 Å². The van der Waals surface area contributed by atoms with E-state index in [1.807, 2.05) is 54.6 Å². The van der Waals surface area contributed by atoms with Crippen molar-refractivity contribution in [3.63, 3.8) is 0 Å². The molecule has 1 atom stereocenters. The average molecular weight is 598 g/mol. The van der Waals surface area contributed by atoms with Gasteiger partial charge in [-0.25, -0.2) is 13.2 Å². The van der Waals surface area contributed by atoms with E-state index in [2.05, 4.69) is 12.1 Å². The van der Waals surface area contributed by atoms with Crippen LogP contribution in [-0.2, 0) is 24.1 Å². The number of carbonyl (C=O) groups excluding carboxylic acids is 1. The van der Waals surface area contributed by atoms with Crippen LogP contribution < -0.4 is 4.74 Å². The molecule has 1 aliphatic carbocycles. The fourth-order valence-corrected chi connectivity index (χ4v) is 8.29. The molecule has 0 bridgehead atoms. The smallest absolute Gasteiger partial charge is 0.409 e. The molecule has 1 saturated heterocycles. The Balaban J connectivity index is 1.20. The number of para-hydroxylation sites is 1. The lowest BCUT2D eigenvalue weighted by Gasteiger charge is -2.31. The first-order valence-electron chi connectivity index (χ1n) is 14.1. The maximum absolute atomic E-state index is 13.8. The summed E-state index contributed by atoms with van der Waals surface area (Å²) in [5.74, 6) is -0.632. The Kier molecular flexibility index (Phi) is 7.66.